The lowest BCUT2D eigenvalue weighted by molar-refractivity contribution is 0.1000. The lowest BCUT2D eigenvalue weighted by atomic mass is 10.1. The minimum Gasteiger partial charge on any atom is -0.366 e. The number of hydrogen-bond donors (Lipinski definition) is 1. The van der Waals surface area contributed by atoms with E-state index in [1.54, 1.807) is 4.90 Å². The van der Waals surface area contributed by atoms with Gasteiger partial charge >= 0.3 is 0 Å². The summed E-state index contributed by atoms with van der Waals surface area (Å²) in [5.41, 5.74) is 7.35. The summed E-state index contributed by atoms with van der Waals surface area (Å²) < 4.78 is 34.1. The van der Waals surface area contributed by atoms with Crippen LogP contribution in [0.25, 0.3) is 0 Å². The highest BCUT2D eigenvalue weighted by Crippen LogP contribution is 2.33. The Kier molecular flexibility index (Phi) is 3.03. The van der Waals surface area contributed by atoms with Gasteiger partial charge in [0, 0.05) is 18.7 Å². The van der Waals surface area contributed by atoms with E-state index in [0.717, 1.165) is 17.2 Å². The third kappa shape index (κ3) is 2.46. The number of rotatable bonds is 3. The summed E-state index contributed by atoms with van der Waals surface area (Å²) >= 11 is 0. The van der Waals surface area contributed by atoms with Gasteiger partial charge in [0.1, 0.15) is 0 Å². The van der Waals surface area contributed by atoms with Gasteiger partial charge in [-0.3, -0.25) is 4.79 Å². The Balaban J connectivity index is 2.10. The minimum absolute atomic E-state index is 0.0993. The normalized spacial score (nSPS) is 14.2. The topological polar surface area (TPSA) is 46.3 Å². The van der Waals surface area contributed by atoms with Gasteiger partial charge in [-0.2, -0.15) is 0 Å². The van der Waals surface area contributed by atoms with Crippen molar-refractivity contribution in [1.82, 2.24) is 0 Å². The SMILES string of the molecule is [2H]c1c(C(F)F)ccc(C(N)=O)c1N1Cc2ccccc2C1. The third-order valence-electron chi connectivity index (χ3n) is 3.60. The van der Waals surface area contributed by atoms with E-state index in [4.69, 9.17) is 7.10 Å². The zero-order valence-electron chi connectivity index (χ0n) is 12.1. The van der Waals surface area contributed by atoms with E-state index in [1.165, 1.54) is 6.07 Å². The van der Waals surface area contributed by atoms with Gasteiger partial charge in [-0.15, -0.1) is 0 Å². The molecule has 0 saturated carbocycles. The van der Waals surface area contributed by atoms with Crippen LogP contribution in [0.2, 0.25) is 0 Å². The van der Waals surface area contributed by atoms with Crippen LogP contribution in [0.1, 0.15) is 34.8 Å². The minimum atomic E-state index is -2.77. The molecule has 0 saturated heterocycles. The van der Waals surface area contributed by atoms with Gasteiger partial charge in [0.2, 0.25) is 0 Å². The Morgan fingerprint density at radius 2 is 1.81 bits per heavy atom. The van der Waals surface area contributed by atoms with Crippen LogP contribution in [0.3, 0.4) is 0 Å². The number of carbonyl (C=O) groups excluding carboxylic acids is 1. The number of halogens is 2. The number of primary amides is 1. The fraction of sp³-hybridized carbons (Fsp3) is 0.188. The molecule has 0 unspecified atom stereocenters. The van der Waals surface area contributed by atoms with E-state index in [1.807, 2.05) is 24.3 Å². The predicted molar refractivity (Wildman–Crippen MR) is 76.2 cm³/mol. The summed E-state index contributed by atoms with van der Waals surface area (Å²) in [7, 11) is 0. The van der Waals surface area contributed by atoms with E-state index < -0.39 is 17.9 Å². The molecule has 0 fully saturated rings. The lowest BCUT2D eigenvalue weighted by Gasteiger charge is -2.21. The molecule has 21 heavy (non-hydrogen) atoms. The fourth-order valence-corrected chi connectivity index (χ4v) is 2.56. The molecule has 2 aromatic rings. The largest absolute Gasteiger partial charge is 0.366 e. The molecule has 1 aliphatic heterocycles. The monoisotopic (exact) mass is 289 g/mol. The molecular weight excluding hydrogens is 274 g/mol. The average molecular weight is 289 g/mol. The summed E-state index contributed by atoms with van der Waals surface area (Å²) in [5, 5.41) is 0. The zero-order valence-corrected chi connectivity index (χ0v) is 11.1. The van der Waals surface area contributed by atoms with E-state index in [2.05, 4.69) is 0 Å². The highest BCUT2D eigenvalue weighted by molar-refractivity contribution is 5.99. The van der Waals surface area contributed by atoms with Crippen LogP contribution in [0.4, 0.5) is 14.5 Å². The van der Waals surface area contributed by atoms with Crippen molar-refractivity contribution in [3.8, 4) is 0 Å². The maximum atomic E-state index is 13.0. The first-order chi connectivity index (χ1) is 10.5. The van der Waals surface area contributed by atoms with Crippen LogP contribution in [-0.2, 0) is 13.1 Å². The molecule has 1 heterocycles. The summed E-state index contributed by atoms with van der Waals surface area (Å²) in [6.45, 7) is 0.935. The predicted octanol–water partition coefficient (Wildman–Crippen LogP) is 3.24. The molecule has 3 nitrogen and oxygen atoms in total. The number of nitrogens with two attached hydrogens (primary N) is 1. The van der Waals surface area contributed by atoms with E-state index >= 15 is 0 Å². The van der Waals surface area contributed by atoms with Crippen LogP contribution in [0.5, 0.6) is 0 Å². The molecule has 2 N–H and O–H groups in total. The van der Waals surface area contributed by atoms with Crippen molar-refractivity contribution in [2.24, 2.45) is 5.73 Å². The van der Waals surface area contributed by atoms with Crippen LogP contribution in [0.15, 0.2) is 42.4 Å². The Morgan fingerprint density at radius 3 is 2.33 bits per heavy atom. The molecule has 1 amide bonds. The molecule has 1 aliphatic rings. The number of amides is 1. The number of alkyl halides is 2. The summed E-state index contributed by atoms with van der Waals surface area (Å²) in [6, 6.07) is 9.72. The smallest absolute Gasteiger partial charge is 0.263 e. The average Bonchev–Trinajstić information content (AvgIpc) is 2.89. The second kappa shape index (κ2) is 5.16. The Bertz CT molecular complexity index is 724. The van der Waals surface area contributed by atoms with E-state index in [9.17, 15) is 13.6 Å². The van der Waals surface area contributed by atoms with Crippen LogP contribution in [0, 0.1) is 0 Å². The van der Waals surface area contributed by atoms with Crippen molar-refractivity contribution in [3.63, 3.8) is 0 Å². The highest BCUT2D eigenvalue weighted by Gasteiger charge is 2.23. The summed E-state index contributed by atoms with van der Waals surface area (Å²) in [4.78, 5) is 13.4. The van der Waals surface area contributed by atoms with Crippen molar-refractivity contribution in [2.75, 3.05) is 4.90 Å². The number of hydrogen-bond acceptors (Lipinski definition) is 2. The van der Waals surface area contributed by atoms with Gasteiger partial charge < -0.3 is 10.6 Å². The molecule has 0 bridgehead atoms. The maximum Gasteiger partial charge on any atom is 0.263 e. The fourth-order valence-electron chi connectivity index (χ4n) is 2.56. The van der Waals surface area contributed by atoms with E-state index in [-0.39, 0.29) is 17.3 Å². The van der Waals surface area contributed by atoms with Crippen molar-refractivity contribution < 1.29 is 14.9 Å². The summed E-state index contributed by atoms with van der Waals surface area (Å²) in [5.74, 6) is -0.722. The quantitative estimate of drug-likeness (QED) is 0.942. The number of nitrogens with zero attached hydrogens (tertiary/aromatic N) is 1. The number of carbonyl (C=O) groups is 1. The molecule has 0 aliphatic carbocycles. The highest BCUT2D eigenvalue weighted by atomic mass is 19.3. The van der Waals surface area contributed by atoms with Gasteiger partial charge in [0.05, 0.1) is 12.6 Å². The van der Waals surface area contributed by atoms with Crippen LogP contribution >= 0.6 is 0 Å². The molecular formula is C16H14F2N2O. The molecule has 3 rings (SSSR count). The molecule has 0 aromatic heterocycles. The Labute approximate surface area is 122 Å². The van der Waals surface area contributed by atoms with Crippen LogP contribution in [-0.4, -0.2) is 5.91 Å². The number of fused-ring (bicyclic) bond motifs is 1. The zero-order chi connectivity index (χ0) is 15.9. The first kappa shape index (κ1) is 12.3. The molecule has 0 atom stereocenters. The van der Waals surface area contributed by atoms with Crippen LogP contribution < -0.4 is 10.6 Å². The van der Waals surface area contributed by atoms with Gasteiger partial charge in [0.25, 0.3) is 12.3 Å². The van der Waals surface area contributed by atoms with Gasteiger partial charge in [-0.05, 0) is 23.2 Å². The summed E-state index contributed by atoms with van der Waals surface area (Å²) in [6.07, 6.45) is -2.77. The third-order valence-corrected chi connectivity index (χ3v) is 3.60. The molecule has 2 aromatic carbocycles. The van der Waals surface area contributed by atoms with Crippen molar-refractivity contribution >= 4 is 11.6 Å². The molecule has 5 heteroatoms. The first-order valence-corrected chi connectivity index (χ1v) is 6.52. The Hall–Kier alpha value is -2.43. The molecule has 108 valence electrons. The lowest BCUT2D eigenvalue weighted by Crippen LogP contribution is -2.21. The number of benzene rings is 2. The number of anilines is 1. The van der Waals surface area contributed by atoms with Crippen molar-refractivity contribution in [1.29, 1.82) is 0 Å². The maximum absolute atomic E-state index is 13.0. The Morgan fingerprint density at radius 1 is 1.19 bits per heavy atom. The molecule has 0 spiro atoms. The van der Waals surface area contributed by atoms with Crippen molar-refractivity contribution in [3.05, 3.63) is 64.7 Å². The second-order valence-corrected chi connectivity index (χ2v) is 4.97. The van der Waals surface area contributed by atoms with Gasteiger partial charge in [-0.1, -0.05) is 30.3 Å². The first-order valence-electron chi connectivity index (χ1n) is 7.02. The van der Waals surface area contributed by atoms with Gasteiger partial charge in [-0.25, -0.2) is 8.78 Å². The molecule has 0 radical (unpaired) electrons. The second-order valence-electron chi connectivity index (χ2n) is 4.97. The van der Waals surface area contributed by atoms with Gasteiger partial charge in [0.15, 0.2) is 0 Å². The van der Waals surface area contributed by atoms with Crippen molar-refractivity contribution in [2.45, 2.75) is 19.5 Å². The van der Waals surface area contributed by atoms with E-state index in [0.29, 0.717) is 13.1 Å². The standard InChI is InChI=1S/C16H14F2N2O/c17-15(18)10-5-6-13(16(19)21)14(7-10)20-8-11-3-1-2-4-12(11)9-20/h1-7,15H,8-9H2,(H2,19,21)/i7D.